The third kappa shape index (κ3) is 5.02. The Hall–Kier alpha value is -2.47. The lowest BCUT2D eigenvalue weighted by molar-refractivity contribution is -0.123. The van der Waals surface area contributed by atoms with E-state index in [2.05, 4.69) is 5.32 Å². The number of carbonyl (C=O) groups excluding carboxylic acids is 1. The molecule has 2 rings (SSSR count). The van der Waals surface area contributed by atoms with Gasteiger partial charge in [0.2, 0.25) is 0 Å². The molecule has 0 aliphatic carbocycles. The zero-order chi connectivity index (χ0) is 19.3. The third-order valence-corrected chi connectivity index (χ3v) is 4.35. The number of nitrogens with one attached hydrogen (secondary N) is 1. The maximum absolute atomic E-state index is 14.0. The van der Waals surface area contributed by atoms with Gasteiger partial charge in [-0.2, -0.15) is 0 Å². The summed E-state index contributed by atoms with van der Waals surface area (Å²) in [6, 6.07) is 8.69. The summed E-state index contributed by atoms with van der Waals surface area (Å²) < 4.78 is 32.7. The summed E-state index contributed by atoms with van der Waals surface area (Å²) in [4.78, 5) is 13.9. The second-order valence-corrected chi connectivity index (χ2v) is 6.44. The summed E-state index contributed by atoms with van der Waals surface area (Å²) in [5, 5.41) is 2.74. The van der Waals surface area contributed by atoms with E-state index in [1.54, 1.807) is 19.0 Å². The predicted molar refractivity (Wildman–Crippen MR) is 97.2 cm³/mol. The Labute approximate surface area is 152 Å². The number of amides is 1. The molecule has 1 atom stereocenters. The summed E-state index contributed by atoms with van der Waals surface area (Å²) in [6.07, 6.45) is 0. The van der Waals surface area contributed by atoms with Gasteiger partial charge in [-0.05, 0) is 51.2 Å². The fourth-order valence-corrected chi connectivity index (χ4v) is 2.63. The van der Waals surface area contributed by atoms with Crippen molar-refractivity contribution in [3.05, 3.63) is 64.7 Å². The van der Waals surface area contributed by atoms with E-state index in [9.17, 15) is 13.6 Å². The van der Waals surface area contributed by atoms with Crippen molar-refractivity contribution in [1.82, 2.24) is 10.2 Å². The van der Waals surface area contributed by atoms with Crippen LogP contribution in [0.5, 0.6) is 5.75 Å². The second-order valence-electron chi connectivity index (χ2n) is 6.44. The minimum absolute atomic E-state index is 0.129. The van der Waals surface area contributed by atoms with Crippen LogP contribution in [0.25, 0.3) is 0 Å². The molecule has 2 aromatic rings. The number of likely N-dealkylation sites (N-methyl/N-ethyl adjacent to an activating group) is 1. The molecule has 0 unspecified atom stereocenters. The van der Waals surface area contributed by atoms with Crippen molar-refractivity contribution in [1.29, 1.82) is 0 Å². The molecule has 6 heteroatoms. The number of hydrogen-bond donors (Lipinski definition) is 1. The molecule has 0 aromatic heterocycles. The van der Waals surface area contributed by atoms with Crippen LogP contribution in [0, 0.1) is 25.5 Å². The fourth-order valence-electron chi connectivity index (χ4n) is 2.63. The highest BCUT2D eigenvalue weighted by atomic mass is 19.1. The fraction of sp³-hybridized carbons (Fsp3) is 0.350. The van der Waals surface area contributed by atoms with E-state index in [1.807, 2.05) is 32.0 Å². The zero-order valence-electron chi connectivity index (χ0n) is 15.5. The quantitative estimate of drug-likeness (QED) is 0.821. The van der Waals surface area contributed by atoms with Crippen LogP contribution in [0.4, 0.5) is 8.78 Å². The molecular formula is C20H24F2N2O2. The summed E-state index contributed by atoms with van der Waals surface area (Å²) in [6.45, 7) is 3.96. The Bertz CT molecular complexity index is 778. The van der Waals surface area contributed by atoms with Crippen molar-refractivity contribution in [2.45, 2.75) is 19.9 Å². The predicted octanol–water partition coefficient (Wildman–Crippen LogP) is 3.38. The first-order chi connectivity index (χ1) is 12.3. The maximum atomic E-state index is 14.0. The molecule has 0 heterocycles. The molecule has 0 radical (unpaired) electrons. The molecule has 2 aromatic carbocycles. The number of ether oxygens (including phenoxy) is 1. The zero-order valence-corrected chi connectivity index (χ0v) is 15.5. The minimum Gasteiger partial charge on any atom is -0.483 e. The van der Waals surface area contributed by atoms with E-state index in [-0.39, 0.29) is 19.1 Å². The van der Waals surface area contributed by atoms with Crippen LogP contribution in [0.15, 0.2) is 36.4 Å². The first-order valence-corrected chi connectivity index (χ1v) is 8.36. The minimum atomic E-state index is -0.635. The van der Waals surface area contributed by atoms with Gasteiger partial charge in [-0.15, -0.1) is 0 Å². The highest BCUT2D eigenvalue weighted by Crippen LogP contribution is 2.22. The molecule has 1 amide bonds. The molecule has 26 heavy (non-hydrogen) atoms. The van der Waals surface area contributed by atoms with E-state index < -0.39 is 17.7 Å². The van der Waals surface area contributed by atoms with Crippen LogP contribution in [-0.2, 0) is 4.79 Å². The van der Waals surface area contributed by atoms with Gasteiger partial charge >= 0.3 is 0 Å². The van der Waals surface area contributed by atoms with Crippen LogP contribution in [-0.4, -0.2) is 38.1 Å². The Balaban J connectivity index is 1.96. The second kappa shape index (κ2) is 8.76. The van der Waals surface area contributed by atoms with Crippen molar-refractivity contribution in [2.75, 3.05) is 27.2 Å². The molecule has 0 saturated carbocycles. The van der Waals surface area contributed by atoms with Gasteiger partial charge in [0.25, 0.3) is 5.91 Å². The van der Waals surface area contributed by atoms with E-state index >= 15 is 0 Å². The topological polar surface area (TPSA) is 41.6 Å². The standard InChI is InChI=1S/C20H24F2N2O2/c1-13-6-5-7-19(14(13)2)26-12-20(25)23-11-18(24(3)4)16-9-8-15(21)10-17(16)22/h5-10,18H,11-12H2,1-4H3,(H,23,25)/t18-/m0/s1. The summed E-state index contributed by atoms with van der Waals surface area (Å²) in [7, 11) is 3.54. The van der Waals surface area contributed by atoms with Crippen molar-refractivity contribution in [3.63, 3.8) is 0 Å². The third-order valence-electron chi connectivity index (χ3n) is 4.35. The average Bonchev–Trinajstić information content (AvgIpc) is 2.57. The summed E-state index contributed by atoms with van der Waals surface area (Å²) in [5.74, 6) is -0.909. The monoisotopic (exact) mass is 362 g/mol. The number of carbonyl (C=O) groups is 1. The largest absolute Gasteiger partial charge is 0.483 e. The lowest BCUT2D eigenvalue weighted by atomic mass is 10.1. The molecule has 0 aliphatic rings. The Kier molecular flexibility index (Phi) is 6.69. The van der Waals surface area contributed by atoms with Crippen molar-refractivity contribution < 1.29 is 18.3 Å². The van der Waals surface area contributed by atoms with Gasteiger partial charge < -0.3 is 15.0 Å². The van der Waals surface area contributed by atoms with E-state index in [0.717, 1.165) is 17.2 Å². The van der Waals surface area contributed by atoms with Crippen LogP contribution in [0.3, 0.4) is 0 Å². The number of halogens is 2. The molecule has 0 bridgehead atoms. The summed E-state index contributed by atoms with van der Waals surface area (Å²) >= 11 is 0. The molecular weight excluding hydrogens is 338 g/mol. The first-order valence-electron chi connectivity index (χ1n) is 8.36. The highest BCUT2D eigenvalue weighted by molar-refractivity contribution is 5.77. The molecule has 0 saturated heterocycles. The van der Waals surface area contributed by atoms with Crippen molar-refractivity contribution in [2.24, 2.45) is 0 Å². The van der Waals surface area contributed by atoms with Crippen LogP contribution in [0.2, 0.25) is 0 Å². The Morgan fingerprint density at radius 2 is 1.92 bits per heavy atom. The van der Waals surface area contributed by atoms with Gasteiger partial charge in [-0.3, -0.25) is 4.79 Å². The summed E-state index contributed by atoms with van der Waals surface area (Å²) in [5.41, 5.74) is 2.40. The SMILES string of the molecule is Cc1cccc(OCC(=O)NC[C@@H](c2ccc(F)cc2F)N(C)C)c1C. The van der Waals surface area contributed by atoms with Crippen LogP contribution < -0.4 is 10.1 Å². The number of nitrogens with zero attached hydrogens (tertiary/aromatic N) is 1. The molecule has 140 valence electrons. The molecule has 4 nitrogen and oxygen atoms in total. The normalized spacial score (nSPS) is 12.1. The van der Waals surface area contributed by atoms with E-state index in [4.69, 9.17) is 4.74 Å². The van der Waals surface area contributed by atoms with Crippen LogP contribution >= 0.6 is 0 Å². The lowest BCUT2D eigenvalue weighted by Gasteiger charge is -2.25. The van der Waals surface area contributed by atoms with Crippen molar-refractivity contribution >= 4 is 5.91 Å². The Morgan fingerprint density at radius 1 is 1.19 bits per heavy atom. The maximum Gasteiger partial charge on any atom is 0.258 e. The van der Waals surface area contributed by atoms with Gasteiger partial charge in [-0.25, -0.2) is 8.78 Å². The number of benzene rings is 2. The van der Waals surface area contributed by atoms with E-state index in [0.29, 0.717) is 11.3 Å². The lowest BCUT2D eigenvalue weighted by Crippen LogP contribution is -2.37. The average molecular weight is 362 g/mol. The molecule has 0 spiro atoms. The number of aryl methyl sites for hydroxylation is 1. The van der Waals surface area contributed by atoms with Gasteiger partial charge in [0.1, 0.15) is 17.4 Å². The van der Waals surface area contributed by atoms with Gasteiger partial charge in [0, 0.05) is 18.2 Å². The van der Waals surface area contributed by atoms with Crippen molar-refractivity contribution in [3.8, 4) is 5.75 Å². The molecule has 1 N–H and O–H groups in total. The van der Waals surface area contributed by atoms with Gasteiger partial charge in [0.15, 0.2) is 6.61 Å². The smallest absolute Gasteiger partial charge is 0.258 e. The van der Waals surface area contributed by atoms with Crippen LogP contribution in [0.1, 0.15) is 22.7 Å². The first kappa shape index (κ1) is 19.8. The van der Waals surface area contributed by atoms with Gasteiger partial charge in [-0.1, -0.05) is 18.2 Å². The van der Waals surface area contributed by atoms with Gasteiger partial charge in [0.05, 0.1) is 6.04 Å². The van der Waals surface area contributed by atoms with E-state index in [1.165, 1.54) is 12.1 Å². The number of rotatable bonds is 7. The molecule has 0 fully saturated rings. The Morgan fingerprint density at radius 3 is 2.58 bits per heavy atom. The highest BCUT2D eigenvalue weighted by Gasteiger charge is 2.19. The number of hydrogen-bond acceptors (Lipinski definition) is 3. The molecule has 0 aliphatic heterocycles.